The van der Waals surface area contributed by atoms with Gasteiger partial charge in [0.2, 0.25) is 0 Å². The summed E-state index contributed by atoms with van der Waals surface area (Å²) in [7, 11) is 0. The van der Waals surface area contributed by atoms with Crippen LogP contribution in [0, 0.1) is 0 Å². The highest BCUT2D eigenvalue weighted by Gasteiger charge is 2.21. The van der Waals surface area contributed by atoms with Crippen LogP contribution in [0.2, 0.25) is 20.1 Å². The van der Waals surface area contributed by atoms with Gasteiger partial charge in [-0.1, -0.05) is 46.4 Å². The van der Waals surface area contributed by atoms with Gasteiger partial charge in [0, 0.05) is 0 Å². The fraction of sp³-hybridized carbons (Fsp3) is 0.125. The molecule has 0 spiro atoms. The largest absolute Gasteiger partial charge is 0.505 e. The Kier molecular flexibility index (Phi) is 4.38. The summed E-state index contributed by atoms with van der Waals surface area (Å²) in [5.41, 5.74) is 0. The Hall–Kier alpha value is -0.550. The van der Waals surface area contributed by atoms with Gasteiger partial charge in [-0.15, -0.1) is 0 Å². The molecule has 0 aliphatic carbocycles. The molecule has 0 heterocycles. The van der Waals surface area contributed by atoms with Gasteiger partial charge in [-0.3, -0.25) is 0 Å². The monoisotopic (exact) mass is 304 g/mol. The van der Waals surface area contributed by atoms with Crippen LogP contribution in [-0.2, 0) is 4.79 Å². The highest BCUT2D eigenvalue weighted by Crippen LogP contribution is 2.49. The molecule has 0 radical (unpaired) electrons. The Morgan fingerprint density at radius 3 is 1.88 bits per heavy atom. The van der Waals surface area contributed by atoms with Gasteiger partial charge in [-0.2, -0.15) is 0 Å². The molecule has 0 amide bonds. The second-order valence-electron chi connectivity index (χ2n) is 2.62. The van der Waals surface area contributed by atoms with Crippen LogP contribution in [0.4, 0.5) is 0 Å². The van der Waals surface area contributed by atoms with Gasteiger partial charge >= 0.3 is 5.97 Å². The van der Waals surface area contributed by atoms with Crippen molar-refractivity contribution >= 4 is 52.4 Å². The van der Waals surface area contributed by atoms with Crippen LogP contribution >= 0.6 is 46.4 Å². The van der Waals surface area contributed by atoms with Crippen molar-refractivity contribution in [1.29, 1.82) is 0 Å². The number of carbonyl (C=O) groups is 1. The number of benzene rings is 1. The third-order valence-electron chi connectivity index (χ3n) is 1.54. The van der Waals surface area contributed by atoms with Crippen molar-refractivity contribution in [1.82, 2.24) is 0 Å². The number of aliphatic carboxylic acids is 1. The normalized spacial score (nSPS) is 10.2. The number of hydrogen-bond donors (Lipinski definition) is 2. The fourth-order valence-electron chi connectivity index (χ4n) is 0.861. The van der Waals surface area contributed by atoms with Gasteiger partial charge in [-0.05, 0) is 0 Å². The summed E-state index contributed by atoms with van der Waals surface area (Å²) in [6.45, 7) is -0.656. The molecular weight excluding hydrogens is 302 g/mol. The van der Waals surface area contributed by atoms with Gasteiger partial charge < -0.3 is 14.9 Å². The molecular formula is C8H4Cl4O4. The molecule has 0 atom stereocenters. The standard InChI is InChI=1S/C8H4Cl4O4/c9-3-5(11)8(16-1-2(13)14)6(12)4(10)7(3)15/h15H,1H2,(H,13,14). The van der Waals surface area contributed by atoms with Crippen molar-refractivity contribution in [3.63, 3.8) is 0 Å². The van der Waals surface area contributed by atoms with Gasteiger partial charge in [-0.25, -0.2) is 4.79 Å². The van der Waals surface area contributed by atoms with E-state index >= 15 is 0 Å². The maximum absolute atomic E-state index is 10.3. The lowest BCUT2D eigenvalue weighted by molar-refractivity contribution is -0.139. The van der Waals surface area contributed by atoms with Crippen molar-refractivity contribution in [3.8, 4) is 11.5 Å². The van der Waals surface area contributed by atoms with E-state index in [4.69, 9.17) is 56.2 Å². The van der Waals surface area contributed by atoms with Crippen molar-refractivity contribution in [2.75, 3.05) is 6.61 Å². The van der Waals surface area contributed by atoms with E-state index < -0.39 is 18.3 Å². The van der Waals surface area contributed by atoms with Crippen LogP contribution in [0.1, 0.15) is 0 Å². The third-order valence-corrected chi connectivity index (χ3v) is 3.19. The minimum atomic E-state index is -1.22. The molecule has 0 aliphatic rings. The molecule has 0 saturated carbocycles. The number of halogens is 4. The van der Waals surface area contributed by atoms with E-state index in [1.165, 1.54) is 0 Å². The van der Waals surface area contributed by atoms with Crippen LogP contribution in [0.15, 0.2) is 0 Å². The maximum atomic E-state index is 10.3. The first kappa shape index (κ1) is 13.5. The first-order valence-corrected chi connectivity index (χ1v) is 5.27. The van der Waals surface area contributed by atoms with Gasteiger partial charge in [0.1, 0.15) is 20.1 Å². The summed E-state index contributed by atoms with van der Waals surface area (Å²) in [5.74, 6) is -1.88. The Labute approximate surface area is 110 Å². The van der Waals surface area contributed by atoms with E-state index in [1.54, 1.807) is 0 Å². The summed E-state index contributed by atoms with van der Waals surface area (Å²) in [5, 5.41) is 16.9. The highest BCUT2D eigenvalue weighted by molar-refractivity contribution is 6.50. The number of phenolic OH excluding ortho intramolecular Hbond substituents is 1. The molecule has 2 N–H and O–H groups in total. The molecule has 4 nitrogen and oxygen atoms in total. The lowest BCUT2D eigenvalue weighted by atomic mass is 10.3. The topological polar surface area (TPSA) is 66.8 Å². The predicted octanol–water partition coefficient (Wildman–Crippen LogP) is 3.47. The molecule has 16 heavy (non-hydrogen) atoms. The van der Waals surface area contributed by atoms with Crippen molar-refractivity contribution < 1.29 is 19.7 Å². The predicted molar refractivity (Wildman–Crippen MR) is 61.3 cm³/mol. The number of aromatic hydroxyl groups is 1. The minimum absolute atomic E-state index is 0.182. The summed E-state index contributed by atoms with van der Waals surface area (Å²) in [4.78, 5) is 10.3. The number of carboxylic acid groups (broad SMARTS) is 1. The minimum Gasteiger partial charge on any atom is -0.505 e. The number of carboxylic acids is 1. The first-order chi connectivity index (χ1) is 7.36. The summed E-state index contributed by atoms with van der Waals surface area (Å²) in [6, 6.07) is 0. The molecule has 0 saturated heterocycles. The van der Waals surface area contributed by atoms with E-state index in [-0.39, 0.29) is 25.8 Å². The molecule has 1 aromatic rings. The summed E-state index contributed by atoms with van der Waals surface area (Å²) >= 11 is 22.7. The maximum Gasteiger partial charge on any atom is 0.341 e. The Balaban J connectivity index is 3.23. The molecule has 1 rings (SSSR count). The highest BCUT2D eigenvalue weighted by atomic mass is 35.5. The van der Waals surface area contributed by atoms with Crippen molar-refractivity contribution in [2.24, 2.45) is 0 Å². The van der Waals surface area contributed by atoms with Gasteiger partial charge in [0.25, 0.3) is 0 Å². The zero-order valence-electron chi connectivity index (χ0n) is 7.43. The van der Waals surface area contributed by atoms with E-state index in [0.717, 1.165) is 0 Å². The molecule has 1 aromatic carbocycles. The second kappa shape index (κ2) is 5.19. The molecule has 0 fully saturated rings. The zero-order chi connectivity index (χ0) is 12.5. The van der Waals surface area contributed by atoms with Crippen molar-refractivity contribution in [2.45, 2.75) is 0 Å². The van der Waals surface area contributed by atoms with E-state index in [0.29, 0.717) is 0 Å². The fourth-order valence-corrected chi connectivity index (χ4v) is 1.80. The SMILES string of the molecule is O=C(O)COc1c(Cl)c(Cl)c(O)c(Cl)c1Cl. The average Bonchev–Trinajstić information content (AvgIpc) is 2.23. The number of hydrogen-bond acceptors (Lipinski definition) is 3. The molecule has 0 bridgehead atoms. The van der Waals surface area contributed by atoms with Crippen LogP contribution < -0.4 is 4.74 Å². The molecule has 0 aliphatic heterocycles. The van der Waals surface area contributed by atoms with E-state index in [9.17, 15) is 9.90 Å². The Morgan fingerprint density at radius 2 is 1.50 bits per heavy atom. The molecule has 88 valence electrons. The lowest BCUT2D eigenvalue weighted by Crippen LogP contribution is -2.10. The molecule has 0 unspecified atom stereocenters. The van der Waals surface area contributed by atoms with E-state index in [2.05, 4.69) is 0 Å². The van der Waals surface area contributed by atoms with Crippen LogP contribution in [0.5, 0.6) is 11.5 Å². The average molecular weight is 306 g/mol. The van der Waals surface area contributed by atoms with Gasteiger partial charge in [0.05, 0.1) is 0 Å². The van der Waals surface area contributed by atoms with Gasteiger partial charge in [0.15, 0.2) is 18.1 Å². The van der Waals surface area contributed by atoms with Crippen molar-refractivity contribution in [3.05, 3.63) is 20.1 Å². The first-order valence-electron chi connectivity index (χ1n) is 3.75. The quantitative estimate of drug-likeness (QED) is 0.839. The molecule has 0 aromatic heterocycles. The number of ether oxygens (including phenoxy) is 1. The Morgan fingerprint density at radius 1 is 1.06 bits per heavy atom. The lowest BCUT2D eigenvalue weighted by Gasteiger charge is -2.12. The van der Waals surface area contributed by atoms with Crippen LogP contribution in [0.25, 0.3) is 0 Å². The summed E-state index contributed by atoms with van der Waals surface area (Å²) in [6.07, 6.45) is 0. The Bertz CT molecular complexity index is 417. The summed E-state index contributed by atoms with van der Waals surface area (Å²) < 4.78 is 4.80. The van der Waals surface area contributed by atoms with Crippen LogP contribution in [0.3, 0.4) is 0 Å². The van der Waals surface area contributed by atoms with E-state index in [1.807, 2.05) is 0 Å². The van der Waals surface area contributed by atoms with Crippen LogP contribution in [-0.4, -0.2) is 22.8 Å². The molecule has 8 heteroatoms. The second-order valence-corrected chi connectivity index (χ2v) is 4.13. The number of phenols is 1. The third kappa shape index (κ3) is 2.58. The zero-order valence-corrected chi connectivity index (χ0v) is 10.5. The smallest absolute Gasteiger partial charge is 0.341 e. The number of rotatable bonds is 3.